The van der Waals surface area contributed by atoms with Crippen LogP contribution in [-0.2, 0) is 11.4 Å². The van der Waals surface area contributed by atoms with Crippen LogP contribution in [0, 0.1) is 10.1 Å². The first-order valence-electron chi connectivity index (χ1n) is 4.62. The largest absolute Gasteiger partial charge is 0.497 e. The zero-order valence-corrected chi connectivity index (χ0v) is 9.10. The van der Waals surface area contributed by atoms with Crippen molar-refractivity contribution in [1.29, 1.82) is 0 Å². The van der Waals surface area contributed by atoms with Gasteiger partial charge in [-0.3, -0.25) is 0 Å². The Balaban J connectivity index is 0.000000921. The smallest absolute Gasteiger partial charge is 0.294 e. The summed E-state index contributed by atoms with van der Waals surface area (Å²) in [4.78, 5) is 14.0. The number of hydrogen-bond acceptors (Lipinski definition) is 4. The molecule has 0 unspecified atom stereocenters. The van der Waals surface area contributed by atoms with E-state index in [1.807, 2.05) is 13.8 Å². The van der Waals surface area contributed by atoms with Gasteiger partial charge in [-0.2, -0.15) is 0 Å². The Labute approximate surface area is 88.7 Å². The van der Waals surface area contributed by atoms with Gasteiger partial charge in [0, 0.05) is 0 Å². The number of nitrogens with zero attached hydrogens (tertiary/aromatic N) is 1. The Hall–Kier alpha value is -1.78. The SMILES string of the molecule is CC.COc1ccc(CO[N+](=O)[O-])cc1. The lowest BCUT2D eigenvalue weighted by molar-refractivity contribution is -0.763. The van der Waals surface area contributed by atoms with E-state index in [9.17, 15) is 10.1 Å². The molecule has 0 saturated carbocycles. The standard InChI is InChI=1S/C8H9NO4.C2H6/c1-12-8-4-2-7(3-5-8)6-13-9(10)11;1-2/h2-5H,6H2,1H3;1-2H3. The van der Waals surface area contributed by atoms with Crippen molar-refractivity contribution in [3.8, 4) is 5.75 Å². The molecule has 0 aliphatic carbocycles. The molecule has 5 heteroatoms. The number of rotatable bonds is 4. The van der Waals surface area contributed by atoms with Crippen molar-refractivity contribution in [3.05, 3.63) is 39.9 Å². The van der Waals surface area contributed by atoms with Gasteiger partial charge >= 0.3 is 0 Å². The van der Waals surface area contributed by atoms with Gasteiger partial charge in [-0.05, 0) is 17.7 Å². The van der Waals surface area contributed by atoms with Crippen LogP contribution in [0.4, 0.5) is 0 Å². The van der Waals surface area contributed by atoms with E-state index in [0.29, 0.717) is 5.75 Å². The molecule has 0 amide bonds. The highest BCUT2D eigenvalue weighted by Crippen LogP contribution is 2.11. The lowest BCUT2D eigenvalue weighted by atomic mass is 10.2. The summed E-state index contributed by atoms with van der Waals surface area (Å²) in [5.74, 6) is 0.713. The van der Waals surface area contributed by atoms with Crippen molar-refractivity contribution in [2.24, 2.45) is 0 Å². The second kappa shape index (κ2) is 7.61. The molecule has 0 saturated heterocycles. The third kappa shape index (κ3) is 5.51. The Morgan fingerprint density at radius 1 is 1.27 bits per heavy atom. The van der Waals surface area contributed by atoms with Crippen molar-refractivity contribution >= 4 is 0 Å². The fourth-order valence-electron chi connectivity index (χ4n) is 0.849. The van der Waals surface area contributed by atoms with Crippen LogP contribution in [0.25, 0.3) is 0 Å². The van der Waals surface area contributed by atoms with Crippen molar-refractivity contribution in [1.82, 2.24) is 0 Å². The van der Waals surface area contributed by atoms with Crippen molar-refractivity contribution in [2.45, 2.75) is 20.5 Å². The lowest BCUT2D eigenvalue weighted by Gasteiger charge is -2.01. The minimum atomic E-state index is -0.815. The van der Waals surface area contributed by atoms with Gasteiger partial charge in [-0.25, -0.2) is 0 Å². The molecule has 0 heterocycles. The predicted octanol–water partition coefficient (Wildman–Crippen LogP) is 2.43. The van der Waals surface area contributed by atoms with Crippen LogP contribution in [0.2, 0.25) is 0 Å². The minimum absolute atomic E-state index is 0.0308. The summed E-state index contributed by atoms with van der Waals surface area (Å²) in [7, 11) is 1.56. The molecular weight excluding hydrogens is 198 g/mol. The fourth-order valence-corrected chi connectivity index (χ4v) is 0.849. The van der Waals surface area contributed by atoms with E-state index in [1.54, 1.807) is 31.4 Å². The van der Waals surface area contributed by atoms with Gasteiger partial charge < -0.3 is 9.57 Å². The van der Waals surface area contributed by atoms with E-state index >= 15 is 0 Å². The van der Waals surface area contributed by atoms with Crippen LogP contribution in [-0.4, -0.2) is 12.2 Å². The third-order valence-corrected chi connectivity index (χ3v) is 1.50. The molecule has 0 atom stereocenters. The molecule has 5 nitrogen and oxygen atoms in total. The molecule has 84 valence electrons. The first-order valence-corrected chi connectivity index (χ1v) is 4.62. The first kappa shape index (κ1) is 13.2. The second-order valence-corrected chi connectivity index (χ2v) is 2.35. The van der Waals surface area contributed by atoms with Crippen LogP contribution in [0.1, 0.15) is 19.4 Å². The predicted molar refractivity (Wildman–Crippen MR) is 56.1 cm³/mol. The Kier molecular flexibility index (Phi) is 6.70. The van der Waals surface area contributed by atoms with E-state index in [-0.39, 0.29) is 6.61 Å². The number of benzene rings is 1. The molecule has 0 aliphatic rings. The molecule has 1 rings (SSSR count). The molecular formula is C10H15NO4. The Morgan fingerprint density at radius 2 is 1.80 bits per heavy atom. The van der Waals surface area contributed by atoms with Gasteiger partial charge in [0.25, 0.3) is 5.09 Å². The molecule has 0 spiro atoms. The van der Waals surface area contributed by atoms with Crippen molar-refractivity contribution in [3.63, 3.8) is 0 Å². The summed E-state index contributed by atoms with van der Waals surface area (Å²) in [6, 6.07) is 6.86. The second-order valence-electron chi connectivity index (χ2n) is 2.35. The van der Waals surface area contributed by atoms with Crippen molar-refractivity contribution < 1.29 is 14.7 Å². The highest BCUT2D eigenvalue weighted by atomic mass is 16.9. The topological polar surface area (TPSA) is 61.6 Å². The highest BCUT2D eigenvalue weighted by Gasteiger charge is 1.97. The maximum atomic E-state index is 9.85. The summed E-state index contributed by atoms with van der Waals surface area (Å²) in [6.45, 7) is 3.97. The molecule has 0 fully saturated rings. The molecule has 0 aromatic heterocycles. The molecule has 0 radical (unpaired) electrons. The lowest BCUT2D eigenvalue weighted by Crippen LogP contribution is -2.00. The van der Waals surface area contributed by atoms with Gasteiger partial charge in [-0.15, -0.1) is 10.1 Å². The van der Waals surface area contributed by atoms with E-state index in [1.165, 1.54) is 0 Å². The highest BCUT2D eigenvalue weighted by molar-refractivity contribution is 5.26. The van der Waals surface area contributed by atoms with Gasteiger partial charge in [0.05, 0.1) is 7.11 Å². The molecule has 1 aromatic rings. The van der Waals surface area contributed by atoms with Crippen LogP contribution in [0.5, 0.6) is 5.75 Å². The van der Waals surface area contributed by atoms with E-state index in [4.69, 9.17) is 4.74 Å². The van der Waals surface area contributed by atoms with Gasteiger partial charge in [0.15, 0.2) is 0 Å². The summed E-state index contributed by atoms with van der Waals surface area (Å²) < 4.78 is 4.92. The number of methoxy groups -OCH3 is 1. The van der Waals surface area contributed by atoms with Crippen LogP contribution in [0.15, 0.2) is 24.3 Å². The van der Waals surface area contributed by atoms with Crippen molar-refractivity contribution in [2.75, 3.05) is 7.11 Å². The number of hydrogen-bond donors (Lipinski definition) is 0. The molecule has 15 heavy (non-hydrogen) atoms. The molecule has 0 aliphatic heterocycles. The maximum Gasteiger partial charge on any atom is 0.294 e. The molecule has 0 bridgehead atoms. The zero-order chi connectivity index (χ0) is 11.7. The van der Waals surface area contributed by atoms with Crippen LogP contribution >= 0.6 is 0 Å². The molecule has 0 N–H and O–H groups in total. The zero-order valence-electron chi connectivity index (χ0n) is 9.10. The summed E-state index contributed by atoms with van der Waals surface area (Å²) in [5, 5.41) is 9.04. The van der Waals surface area contributed by atoms with Gasteiger partial charge in [0.1, 0.15) is 12.4 Å². The van der Waals surface area contributed by atoms with Gasteiger partial charge in [-0.1, -0.05) is 26.0 Å². The molecule has 1 aromatic carbocycles. The number of ether oxygens (including phenoxy) is 1. The summed E-state index contributed by atoms with van der Waals surface area (Å²) in [6.07, 6.45) is 0. The van der Waals surface area contributed by atoms with Crippen LogP contribution in [0.3, 0.4) is 0 Å². The Bertz CT molecular complexity index is 284. The normalized spacial score (nSPS) is 8.47. The maximum absolute atomic E-state index is 9.85. The first-order chi connectivity index (χ1) is 7.22. The Morgan fingerprint density at radius 3 is 2.20 bits per heavy atom. The summed E-state index contributed by atoms with van der Waals surface area (Å²) >= 11 is 0. The summed E-state index contributed by atoms with van der Waals surface area (Å²) in [5.41, 5.74) is 0.734. The van der Waals surface area contributed by atoms with E-state index in [0.717, 1.165) is 5.56 Å². The van der Waals surface area contributed by atoms with Gasteiger partial charge in [0.2, 0.25) is 0 Å². The minimum Gasteiger partial charge on any atom is -0.497 e. The monoisotopic (exact) mass is 213 g/mol. The van der Waals surface area contributed by atoms with E-state index < -0.39 is 5.09 Å². The fraction of sp³-hybridized carbons (Fsp3) is 0.400. The average molecular weight is 213 g/mol. The average Bonchev–Trinajstić information content (AvgIpc) is 2.30. The van der Waals surface area contributed by atoms with E-state index in [2.05, 4.69) is 4.84 Å². The third-order valence-electron chi connectivity index (χ3n) is 1.50. The quantitative estimate of drug-likeness (QED) is 0.569. The van der Waals surface area contributed by atoms with Crippen LogP contribution < -0.4 is 4.74 Å².